The van der Waals surface area contributed by atoms with Crippen LogP contribution in [-0.4, -0.2) is 16.9 Å². The fourth-order valence-electron chi connectivity index (χ4n) is 2.98. The van der Waals surface area contributed by atoms with Gasteiger partial charge in [-0.3, -0.25) is 14.9 Å². The Balaban J connectivity index is 1.88. The molecule has 1 N–H and O–H groups in total. The summed E-state index contributed by atoms with van der Waals surface area (Å²) in [6.07, 6.45) is 2.31. The number of nitro benzene ring substituents is 1. The molecule has 1 unspecified atom stereocenters. The van der Waals surface area contributed by atoms with E-state index in [4.69, 9.17) is 11.6 Å². The summed E-state index contributed by atoms with van der Waals surface area (Å²) in [6.45, 7) is 2.00. The summed E-state index contributed by atoms with van der Waals surface area (Å²) in [6, 6.07) is 13.5. The third-order valence-corrected chi connectivity index (χ3v) is 4.63. The van der Waals surface area contributed by atoms with E-state index >= 15 is 0 Å². The lowest BCUT2D eigenvalue weighted by atomic mass is 10.1. The van der Waals surface area contributed by atoms with Gasteiger partial charge in [0.25, 0.3) is 11.6 Å². The third kappa shape index (κ3) is 3.76. The Labute approximate surface area is 160 Å². The van der Waals surface area contributed by atoms with Gasteiger partial charge in [-0.05, 0) is 31.0 Å². The molecule has 136 valence electrons. The molecule has 27 heavy (non-hydrogen) atoms. The first-order valence-electron chi connectivity index (χ1n) is 8.14. The van der Waals surface area contributed by atoms with Gasteiger partial charge in [0.15, 0.2) is 0 Å². The van der Waals surface area contributed by atoms with E-state index in [2.05, 4.69) is 5.32 Å². The first-order valence-corrected chi connectivity index (χ1v) is 8.52. The van der Waals surface area contributed by atoms with Crippen molar-refractivity contribution in [1.82, 2.24) is 0 Å². The van der Waals surface area contributed by atoms with Crippen LogP contribution in [0.1, 0.15) is 12.5 Å². The van der Waals surface area contributed by atoms with Crippen LogP contribution in [0, 0.1) is 21.4 Å². The van der Waals surface area contributed by atoms with Crippen molar-refractivity contribution in [3.05, 3.63) is 74.9 Å². The number of para-hydroxylation sites is 1. The number of nitriles is 1. The molecule has 0 saturated carbocycles. The molecular weight excluding hydrogens is 368 g/mol. The normalized spacial score (nSPS) is 15.8. The number of fused-ring (bicyclic) bond motifs is 1. The minimum absolute atomic E-state index is 0.0758. The number of amides is 1. The number of hydrogen-bond acceptors (Lipinski definition) is 5. The van der Waals surface area contributed by atoms with E-state index in [9.17, 15) is 20.2 Å². The van der Waals surface area contributed by atoms with Gasteiger partial charge in [0.05, 0.1) is 15.6 Å². The second-order valence-corrected chi connectivity index (χ2v) is 6.53. The van der Waals surface area contributed by atoms with Crippen molar-refractivity contribution in [2.24, 2.45) is 0 Å². The number of carbonyl (C=O) groups is 1. The van der Waals surface area contributed by atoms with E-state index in [1.54, 1.807) is 0 Å². The first kappa shape index (κ1) is 18.4. The summed E-state index contributed by atoms with van der Waals surface area (Å²) in [5, 5.41) is 23.0. The van der Waals surface area contributed by atoms with E-state index < -0.39 is 10.8 Å². The molecule has 1 amide bonds. The van der Waals surface area contributed by atoms with E-state index in [0.717, 1.165) is 23.7 Å². The molecule has 2 aromatic rings. The summed E-state index contributed by atoms with van der Waals surface area (Å²) in [5.41, 5.74) is 1.83. The molecule has 7 nitrogen and oxygen atoms in total. The molecule has 1 aliphatic heterocycles. The van der Waals surface area contributed by atoms with Crippen molar-refractivity contribution < 1.29 is 9.72 Å². The van der Waals surface area contributed by atoms with Gasteiger partial charge in [-0.2, -0.15) is 5.26 Å². The van der Waals surface area contributed by atoms with Crippen LogP contribution in [0.4, 0.5) is 17.1 Å². The minimum Gasteiger partial charge on any atom is -0.343 e. The Morgan fingerprint density at radius 3 is 2.85 bits per heavy atom. The monoisotopic (exact) mass is 382 g/mol. The molecule has 1 heterocycles. The summed E-state index contributed by atoms with van der Waals surface area (Å²) >= 11 is 6.00. The second kappa shape index (κ2) is 7.48. The van der Waals surface area contributed by atoms with Crippen LogP contribution in [0.2, 0.25) is 5.02 Å². The average molecular weight is 383 g/mol. The van der Waals surface area contributed by atoms with Crippen molar-refractivity contribution >= 4 is 34.6 Å². The maximum Gasteiger partial charge on any atom is 0.271 e. The number of hydrogen-bond donors (Lipinski definition) is 1. The van der Waals surface area contributed by atoms with Gasteiger partial charge in [-0.25, -0.2) is 0 Å². The number of nitrogens with one attached hydrogen (secondary N) is 1. The SMILES string of the molecule is CC1Cc2ccccc2N1/C=C(/C#N)C(=O)Nc1cc([N+](=O)[O-])ccc1Cl. The average Bonchev–Trinajstić information content (AvgIpc) is 2.96. The van der Waals surface area contributed by atoms with Crippen LogP contribution in [0.3, 0.4) is 0 Å². The number of rotatable bonds is 4. The molecule has 0 aliphatic carbocycles. The molecule has 0 spiro atoms. The molecule has 0 radical (unpaired) electrons. The molecule has 1 aliphatic rings. The molecule has 0 fully saturated rings. The largest absolute Gasteiger partial charge is 0.343 e. The Morgan fingerprint density at radius 2 is 2.15 bits per heavy atom. The smallest absolute Gasteiger partial charge is 0.271 e. The molecule has 0 saturated heterocycles. The number of non-ortho nitro benzene ring substituents is 1. The summed E-state index contributed by atoms with van der Waals surface area (Å²) in [4.78, 5) is 24.7. The van der Waals surface area contributed by atoms with Gasteiger partial charge in [0.1, 0.15) is 11.6 Å². The third-order valence-electron chi connectivity index (χ3n) is 4.30. The van der Waals surface area contributed by atoms with Gasteiger partial charge >= 0.3 is 0 Å². The predicted octanol–water partition coefficient (Wildman–Crippen LogP) is 4.05. The van der Waals surface area contributed by atoms with Crippen LogP contribution >= 0.6 is 11.6 Å². The molecule has 3 rings (SSSR count). The standard InChI is InChI=1S/C19H15ClN4O3/c1-12-8-13-4-2-3-5-18(13)23(12)11-14(10-21)19(25)22-17-9-15(24(26)27)6-7-16(17)20/h2-7,9,11-12H,8H2,1H3,(H,22,25)/b14-11-. The van der Waals surface area contributed by atoms with Crippen LogP contribution in [0.5, 0.6) is 0 Å². The number of benzene rings is 2. The highest BCUT2D eigenvalue weighted by molar-refractivity contribution is 6.34. The summed E-state index contributed by atoms with van der Waals surface area (Å²) in [7, 11) is 0. The van der Waals surface area contributed by atoms with E-state index in [0.29, 0.717) is 0 Å². The molecule has 2 aromatic carbocycles. The maximum absolute atomic E-state index is 12.5. The highest BCUT2D eigenvalue weighted by Crippen LogP contribution is 2.33. The van der Waals surface area contributed by atoms with Crippen molar-refractivity contribution in [3.8, 4) is 6.07 Å². The van der Waals surface area contributed by atoms with Crippen LogP contribution in [0.25, 0.3) is 0 Å². The predicted molar refractivity (Wildman–Crippen MR) is 103 cm³/mol. The van der Waals surface area contributed by atoms with Gasteiger partial charge in [-0.15, -0.1) is 0 Å². The Hall–Kier alpha value is -3.37. The summed E-state index contributed by atoms with van der Waals surface area (Å²) < 4.78 is 0. The molecular formula is C19H15ClN4O3. The highest BCUT2D eigenvalue weighted by atomic mass is 35.5. The number of halogens is 1. The van der Waals surface area contributed by atoms with Gasteiger partial charge in [0.2, 0.25) is 0 Å². The lowest BCUT2D eigenvalue weighted by Crippen LogP contribution is -2.25. The minimum atomic E-state index is -0.684. The van der Waals surface area contributed by atoms with Crippen LogP contribution in [-0.2, 0) is 11.2 Å². The van der Waals surface area contributed by atoms with E-state index in [1.807, 2.05) is 42.2 Å². The Bertz CT molecular complexity index is 997. The molecule has 1 atom stereocenters. The topological polar surface area (TPSA) is 99.3 Å². The lowest BCUT2D eigenvalue weighted by molar-refractivity contribution is -0.384. The fraction of sp³-hybridized carbons (Fsp3) is 0.158. The zero-order chi connectivity index (χ0) is 19.6. The van der Waals surface area contributed by atoms with E-state index in [-0.39, 0.29) is 28.0 Å². The zero-order valence-electron chi connectivity index (χ0n) is 14.3. The molecule has 0 aromatic heterocycles. The Kier molecular flexibility index (Phi) is 5.10. The van der Waals surface area contributed by atoms with Crippen LogP contribution in [0.15, 0.2) is 54.2 Å². The first-order chi connectivity index (χ1) is 12.9. The van der Waals surface area contributed by atoms with Crippen LogP contribution < -0.4 is 10.2 Å². The second-order valence-electron chi connectivity index (χ2n) is 6.12. The van der Waals surface area contributed by atoms with Gasteiger partial charge in [0, 0.05) is 30.1 Å². The number of anilines is 2. The number of carbonyl (C=O) groups excluding carboxylic acids is 1. The van der Waals surface area contributed by atoms with Gasteiger partial charge in [-0.1, -0.05) is 29.8 Å². The maximum atomic E-state index is 12.5. The Morgan fingerprint density at radius 1 is 1.41 bits per heavy atom. The van der Waals surface area contributed by atoms with Crippen molar-refractivity contribution in [2.45, 2.75) is 19.4 Å². The van der Waals surface area contributed by atoms with Crippen molar-refractivity contribution in [1.29, 1.82) is 5.26 Å². The zero-order valence-corrected chi connectivity index (χ0v) is 15.1. The lowest BCUT2D eigenvalue weighted by Gasteiger charge is -2.20. The quantitative estimate of drug-likeness (QED) is 0.372. The van der Waals surface area contributed by atoms with E-state index in [1.165, 1.54) is 18.3 Å². The highest BCUT2D eigenvalue weighted by Gasteiger charge is 2.25. The number of nitrogens with zero attached hydrogens (tertiary/aromatic N) is 3. The number of nitro groups is 1. The van der Waals surface area contributed by atoms with Gasteiger partial charge < -0.3 is 10.2 Å². The van der Waals surface area contributed by atoms with Crippen molar-refractivity contribution in [3.63, 3.8) is 0 Å². The fourth-order valence-corrected chi connectivity index (χ4v) is 3.14. The molecule has 8 heteroatoms. The summed E-state index contributed by atoms with van der Waals surface area (Å²) in [5.74, 6) is -0.684. The van der Waals surface area contributed by atoms with Crippen molar-refractivity contribution in [2.75, 3.05) is 10.2 Å². The molecule has 0 bridgehead atoms.